The van der Waals surface area contributed by atoms with Crippen LogP contribution in [0.5, 0.6) is 0 Å². The van der Waals surface area contributed by atoms with E-state index in [1.54, 1.807) is 23.1 Å². The van der Waals surface area contributed by atoms with Crippen LogP contribution in [0.15, 0.2) is 28.8 Å². The van der Waals surface area contributed by atoms with Crippen molar-refractivity contribution in [3.8, 4) is 0 Å². The molecule has 0 N–H and O–H groups in total. The van der Waals surface area contributed by atoms with Crippen molar-refractivity contribution in [3.05, 3.63) is 47.4 Å². The Morgan fingerprint density at radius 3 is 2.68 bits per heavy atom. The quantitative estimate of drug-likeness (QED) is 0.830. The van der Waals surface area contributed by atoms with E-state index in [2.05, 4.69) is 15.0 Å². The molecule has 1 saturated heterocycles. The molecule has 1 saturated carbocycles. The fraction of sp³-hybridized carbons (Fsp3) is 0.500. The first-order valence-corrected chi connectivity index (χ1v) is 8.75. The monoisotopic (exact) mass is 344 g/mol. The van der Waals surface area contributed by atoms with Crippen LogP contribution in [0.3, 0.4) is 0 Å². The third-order valence-corrected chi connectivity index (χ3v) is 4.81. The second-order valence-corrected chi connectivity index (χ2v) is 6.75. The summed E-state index contributed by atoms with van der Waals surface area (Å²) in [6, 6.07) is 6.44. The Balaban J connectivity index is 1.27. The Kier molecular flexibility index (Phi) is 4.48. The first-order chi connectivity index (χ1) is 12.2. The molecule has 0 bridgehead atoms. The van der Waals surface area contributed by atoms with Crippen LogP contribution in [0.4, 0.5) is 4.39 Å². The van der Waals surface area contributed by atoms with Crippen LogP contribution in [0.1, 0.15) is 36.0 Å². The molecule has 25 heavy (non-hydrogen) atoms. The number of carbonyl (C=O) groups excluding carboxylic acids is 1. The Morgan fingerprint density at radius 1 is 1.20 bits per heavy atom. The summed E-state index contributed by atoms with van der Waals surface area (Å²) in [7, 11) is 0. The van der Waals surface area contributed by atoms with Crippen molar-refractivity contribution in [3.63, 3.8) is 0 Å². The second-order valence-electron chi connectivity index (χ2n) is 6.75. The molecule has 0 unspecified atom stereocenters. The van der Waals surface area contributed by atoms with Gasteiger partial charge in [-0.2, -0.15) is 4.98 Å². The van der Waals surface area contributed by atoms with Crippen LogP contribution in [0.25, 0.3) is 0 Å². The minimum Gasteiger partial charge on any atom is -0.340 e. The molecule has 132 valence electrons. The highest BCUT2D eigenvalue weighted by Crippen LogP contribution is 2.38. The molecule has 6 nitrogen and oxygen atoms in total. The predicted molar refractivity (Wildman–Crippen MR) is 88.2 cm³/mol. The van der Waals surface area contributed by atoms with Crippen LogP contribution >= 0.6 is 0 Å². The highest BCUT2D eigenvalue weighted by Gasteiger charge is 2.29. The van der Waals surface area contributed by atoms with Gasteiger partial charge in [0.1, 0.15) is 5.82 Å². The highest BCUT2D eigenvalue weighted by molar-refractivity contribution is 5.79. The Morgan fingerprint density at radius 2 is 1.96 bits per heavy atom. The minimum atomic E-state index is -0.322. The number of amides is 1. The van der Waals surface area contributed by atoms with Gasteiger partial charge in [0.15, 0.2) is 5.82 Å². The van der Waals surface area contributed by atoms with E-state index in [1.165, 1.54) is 6.07 Å². The van der Waals surface area contributed by atoms with Crippen molar-refractivity contribution in [1.82, 2.24) is 19.9 Å². The van der Waals surface area contributed by atoms with Gasteiger partial charge in [0.25, 0.3) is 0 Å². The first-order valence-electron chi connectivity index (χ1n) is 8.75. The lowest BCUT2D eigenvalue weighted by molar-refractivity contribution is -0.132. The number of piperazine rings is 1. The third-order valence-electron chi connectivity index (χ3n) is 4.81. The standard InChI is InChI=1S/C18H21FN4O2/c19-15-4-2-1-3-14(15)11-17(24)23-9-7-22(8-10-23)12-16-20-18(21-25-16)13-5-6-13/h1-4,13H,5-12H2. The average molecular weight is 344 g/mol. The zero-order valence-electron chi connectivity index (χ0n) is 14.0. The number of carbonyl (C=O) groups is 1. The Hall–Kier alpha value is -2.28. The first kappa shape index (κ1) is 16.2. The molecule has 1 aliphatic carbocycles. The summed E-state index contributed by atoms with van der Waals surface area (Å²) in [5.41, 5.74) is 0.452. The smallest absolute Gasteiger partial charge is 0.240 e. The summed E-state index contributed by atoms with van der Waals surface area (Å²) in [6.45, 7) is 3.40. The van der Waals surface area contributed by atoms with Crippen LogP contribution < -0.4 is 0 Å². The number of hydrogen-bond donors (Lipinski definition) is 0. The Labute approximate surface area is 145 Å². The fourth-order valence-corrected chi connectivity index (χ4v) is 3.10. The van der Waals surface area contributed by atoms with Gasteiger partial charge in [0.2, 0.25) is 11.8 Å². The Bertz CT molecular complexity index is 751. The summed E-state index contributed by atoms with van der Waals surface area (Å²) in [5, 5.41) is 4.03. The van der Waals surface area contributed by atoms with Crippen molar-refractivity contribution in [2.75, 3.05) is 26.2 Å². The molecule has 0 spiro atoms. The van der Waals surface area contributed by atoms with Crippen LogP contribution in [0, 0.1) is 5.82 Å². The molecule has 2 aromatic rings. The number of nitrogens with zero attached hydrogens (tertiary/aromatic N) is 4. The normalized spacial score (nSPS) is 18.5. The number of rotatable bonds is 5. The highest BCUT2D eigenvalue weighted by atomic mass is 19.1. The molecular formula is C18H21FN4O2. The number of benzene rings is 1. The lowest BCUT2D eigenvalue weighted by Gasteiger charge is -2.34. The van der Waals surface area contributed by atoms with Crippen molar-refractivity contribution in [2.45, 2.75) is 31.7 Å². The maximum Gasteiger partial charge on any atom is 0.240 e. The van der Waals surface area contributed by atoms with Gasteiger partial charge in [0.05, 0.1) is 13.0 Å². The summed E-state index contributed by atoms with van der Waals surface area (Å²) in [5.74, 6) is 1.61. The summed E-state index contributed by atoms with van der Waals surface area (Å²) >= 11 is 0. The van der Waals surface area contributed by atoms with Crippen molar-refractivity contribution in [2.24, 2.45) is 0 Å². The molecule has 1 aromatic heterocycles. The van der Waals surface area contributed by atoms with E-state index in [0.29, 0.717) is 37.0 Å². The van der Waals surface area contributed by atoms with Gasteiger partial charge in [0, 0.05) is 32.1 Å². The van der Waals surface area contributed by atoms with Crippen LogP contribution in [-0.4, -0.2) is 52.0 Å². The van der Waals surface area contributed by atoms with Gasteiger partial charge in [-0.15, -0.1) is 0 Å². The van der Waals surface area contributed by atoms with Crippen molar-refractivity contribution >= 4 is 5.91 Å². The van der Waals surface area contributed by atoms with E-state index in [0.717, 1.165) is 31.8 Å². The molecule has 2 heterocycles. The van der Waals surface area contributed by atoms with Gasteiger partial charge in [-0.25, -0.2) is 4.39 Å². The molecule has 1 aliphatic heterocycles. The van der Waals surface area contributed by atoms with Crippen LogP contribution in [0.2, 0.25) is 0 Å². The fourth-order valence-electron chi connectivity index (χ4n) is 3.10. The average Bonchev–Trinajstić information content (AvgIpc) is 3.37. The summed E-state index contributed by atoms with van der Waals surface area (Å²) in [4.78, 5) is 20.8. The minimum absolute atomic E-state index is 0.0291. The van der Waals surface area contributed by atoms with E-state index >= 15 is 0 Å². The number of halogens is 1. The molecule has 7 heteroatoms. The van der Waals surface area contributed by atoms with E-state index in [4.69, 9.17) is 4.52 Å². The molecule has 4 rings (SSSR count). The molecule has 1 amide bonds. The van der Waals surface area contributed by atoms with E-state index < -0.39 is 0 Å². The van der Waals surface area contributed by atoms with E-state index in [1.807, 2.05) is 0 Å². The maximum atomic E-state index is 13.7. The molecule has 0 atom stereocenters. The largest absolute Gasteiger partial charge is 0.340 e. The van der Waals surface area contributed by atoms with Crippen molar-refractivity contribution < 1.29 is 13.7 Å². The maximum absolute atomic E-state index is 13.7. The van der Waals surface area contributed by atoms with E-state index in [9.17, 15) is 9.18 Å². The third kappa shape index (κ3) is 3.87. The zero-order chi connectivity index (χ0) is 17.2. The summed E-state index contributed by atoms with van der Waals surface area (Å²) < 4.78 is 19.0. The van der Waals surface area contributed by atoms with E-state index in [-0.39, 0.29) is 18.1 Å². The predicted octanol–water partition coefficient (Wildman–Crippen LogP) is 1.97. The van der Waals surface area contributed by atoms with Gasteiger partial charge >= 0.3 is 0 Å². The van der Waals surface area contributed by atoms with Gasteiger partial charge in [-0.05, 0) is 24.5 Å². The van der Waals surface area contributed by atoms with Gasteiger partial charge in [-0.3, -0.25) is 9.69 Å². The lowest BCUT2D eigenvalue weighted by atomic mass is 10.1. The molecule has 1 aromatic carbocycles. The molecule has 2 aliphatic rings. The number of aromatic nitrogens is 2. The van der Waals surface area contributed by atoms with Gasteiger partial charge in [-0.1, -0.05) is 23.4 Å². The van der Waals surface area contributed by atoms with Crippen LogP contribution in [-0.2, 0) is 17.8 Å². The molecule has 2 fully saturated rings. The topological polar surface area (TPSA) is 62.5 Å². The second kappa shape index (κ2) is 6.92. The lowest BCUT2D eigenvalue weighted by Crippen LogP contribution is -2.48. The molecular weight excluding hydrogens is 323 g/mol. The number of hydrogen-bond acceptors (Lipinski definition) is 5. The summed E-state index contributed by atoms with van der Waals surface area (Å²) in [6.07, 6.45) is 2.42. The SMILES string of the molecule is O=C(Cc1ccccc1F)N1CCN(Cc2nc(C3CC3)no2)CC1. The van der Waals surface area contributed by atoms with Crippen molar-refractivity contribution in [1.29, 1.82) is 0 Å². The molecule has 0 radical (unpaired) electrons. The zero-order valence-corrected chi connectivity index (χ0v) is 14.0. The van der Waals surface area contributed by atoms with Gasteiger partial charge < -0.3 is 9.42 Å².